The first-order valence-corrected chi connectivity index (χ1v) is 11.9. The Labute approximate surface area is 194 Å². The van der Waals surface area contributed by atoms with Gasteiger partial charge in [-0.3, -0.25) is 4.79 Å². The second kappa shape index (κ2) is 9.24. The van der Waals surface area contributed by atoms with E-state index in [2.05, 4.69) is 4.98 Å². The Balaban J connectivity index is 2.18. The number of carbonyl (C=O) groups is 1. The van der Waals surface area contributed by atoms with Crippen molar-refractivity contribution in [1.29, 1.82) is 0 Å². The van der Waals surface area contributed by atoms with Crippen LogP contribution in [-0.4, -0.2) is 36.7 Å². The van der Waals surface area contributed by atoms with Crippen molar-refractivity contribution in [3.05, 3.63) is 53.6 Å². The molecule has 0 aliphatic rings. The van der Waals surface area contributed by atoms with E-state index in [1.54, 1.807) is 20.8 Å². The maximum atomic E-state index is 14.3. The summed E-state index contributed by atoms with van der Waals surface area (Å²) in [5.74, 6) is -3.62. The predicted octanol–water partition coefficient (Wildman–Crippen LogP) is 5.17. The fourth-order valence-corrected chi connectivity index (χ4v) is 5.10. The molecule has 0 N–H and O–H groups in total. The van der Waals surface area contributed by atoms with Crippen molar-refractivity contribution in [2.24, 2.45) is 0 Å². The Morgan fingerprint density at radius 1 is 1.18 bits per heavy atom. The molecule has 0 saturated heterocycles. The highest BCUT2D eigenvalue weighted by molar-refractivity contribution is 7.93. The minimum Gasteiger partial charge on any atom is -0.494 e. The van der Waals surface area contributed by atoms with Crippen LogP contribution in [0.2, 0.25) is 0 Å². The van der Waals surface area contributed by atoms with Gasteiger partial charge in [-0.1, -0.05) is 6.92 Å². The highest BCUT2D eigenvalue weighted by atomic mass is 32.2. The van der Waals surface area contributed by atoms with E-state index in [4.69, 9.17) is 4.74 Å². The highest BCUT2D eigenvalue weighted by Crippen LogP contribution is 2.34. The molecular weight excluding hydrogens is 478 g/mol. The minimum absolute atomic E-state index is 0.124. The van der Waals surface area contributed by atoms with Crippen LogP contribution in [0.3, 0.4) is 0 Å². The standard InChI is InChI=1S/C22H23F4N3O4S/c1-5-10-34(31,32)29(15-7-9-19(33-4)16(23)12-15)20(30)14-6-8-18-17(11-14)27-21(22(24,25)26)28(18)13(2)3/h6-9,11-13H,5,10H2,1-4H3. The zero-order valence-electron chi connectivity index (χ0n) is 18.9. The molecule has 1 heterocycles. The summed E-state index contributed by atoms with van der Waals surface area (Å²) in [5.41, 5.74) is -0.468. The highest BCUT2D eigenvalue weighted by Gasteiger charge is 2.38. The van der Waals surface area contributed by atoms with Crippen LogP contribution in [0, 0.1) is 5.82 Å². The van der Waals surface area contributed by atoms with Crippen LogP contribution < -0.4 is 9.04 Å². The number of aromatic nitrogens is 2. The van der Waals surface area contributed by atoms with Crippen LogP contribution in [-0.2, 0) is 16.2 Å². The Morgan fingerprint density at radius 3 is 2.38 bits per heavy atom. The van der Waals surface area contributed by atoms with Gasteiger partial charge in [-0.15, -0.1) is 0 Å². The van der Waals surface area contributed by atoms with E-state index >= 15 is 0 Å². The lowest BCUT2D eigenvalue weighted by Crippen LogP contribution is -2.38. The van der Waals surface area contributed by atoms with Gasteiger partial charge in [0, 0.05) is 17.7 Å². The van der Waals surface area contributed by atoms with Crippen LogP contribution >= 0.6 is 0 Å². The average molecular weight is 502 g/mol. The average Bonchev–Trinajstić information content (AvgIpc) is 3.13. The van der Waals surface area contributed by atoms with Gasteiger partial charge in [-0.05, 0) is 50.6 Å². The van der Waals surface area contributed by atoms with Gasteiger partial charge in [0.05, 0.1) is 29.6 Å². The van der Waals surface area contributed by atoms with Gasteiger partial charge in [0.1, 0.15) is 0 Å². The topological polar surface area (TPSA) is 81.5 Å². The zero-order valence-corrected chi connectivity index (χ0v) is 19.7. The van der Waals surface area contributed by atoms with Gasteiger partial charge in [0.2, 0.25) is 15.8 Å². The number of carbonyl (C=O) groups excluding carboxylic acids is 1. The van der Waals surface area contributed by atoms with E-state index in [-0.39, 0.29) is 34.5 Å². The van der Waals surface area contributed by atoms with Crippen LogP contribution in [0.25, 0.3) is 11.0 Å². The maximum Gasteiger partial charge on any atom is 0.449 e. The number of rotatable bonds is 7. The summed E-state index contributed by atoms with van der Waals surface area (Å²) in [4.78, 5) is 17.0. The number of halogens is 4. The molecule has 0 unspecified atom stereocenters. The summed E-state index contributed by atoms with van der Waals surface area (Å²) < 4.78 is 87.0. The Hall–Kier alpha value is -3.15. The van der Waals surface area contributed by atoms with Crippen molar-refractivity contribution in [1.82, 2.24) is 9.55 Å². The van der Waals surface area contributed by atoms with Crippen LogP contribution in [0.1, 0.15) is 49.4 Å². The number of alkyl halides is 3. The number of imidazole rings is 1. The summed E-state index contributed by atoms with van der Waals surface area (Å²) in [5, 5.41) is 0. The van der Waals surface area contributed by atoms with Crippen molar-refractivity contribution in [3.8, 4) is 5.75 Å². The summed E-state index contributed by atoms with van der Waals surface area (Å²) in [6, 6.07) is 6.25. The molecule has 0 radical (unpaired) electrons. The van der Waals surface area contributed by atoms with Crippen molar-refractivity contribution in [2.75, 3.05) is 17.2 Å². The number of anilines is 1. The van der Waals surface area contributed by atoms with E-state index in [1.165, 1.54) is 31.4 Å². The smallest absolute Gasteiger partial charge is 0.449 e. The predicted molar refractivity (Wildman–Crippen MR) is 119 cm³/mol. The van der Waals surface area contributed by atoms with Crippen LogP contribution in [0.4, 0.5) is 23.2 Å². The molecule has 3 aromatic rings. The summed E-state index contributed by atoms with van der Waals surface area (Å²) in [7, 11) is -3.00. The monoisotopic (exact) mass is 501 g/mol. The molecule has 0 aliphatic heterocycles. The molecule has 1 aromatic heterocycles. The van der Waals surface area contributed by atoms with Gasteiger partial charge in [0.15, 0.2) is 11.6 Å². The van der Waals surface area contributed by atoms with Crippen molar-refractivity contribution >= 4 is 32.7 Å². The third-order valence-electron chi connectivity index (χ3n) is 5.00. The lowest BCUT2D eigenvalue weighted by Gasteiger charge is -2.23. The van der Waals surface area contributed by atoms with Gasteiger partial charge < -0.3 is 9.30 Å². The number of hydrogen-bond donors (Lipinski definition) is 0. The van der Waals surface area contributed by atoms with E-state index in [0.29, 0.717) is 4.31 Å². The molecule has 0 atom stereocenters. The Morgan fingerprint density at radius 2 is 1.85 bits per heavy atom. The minimum atomic E-state index is -4.73. The second-order valence-electron chi connectivity index (χ2n) is 7.80. The number of sulfonamides is 1. The second-order valence-corrected chi connectivity index (χ2v) is 9.74. The molecule has 12 heteroatoms. The van der Waals surface area contributed by atoms with E-state index in [0.717, 1.165) is 16.7 Å². The molecule has 7 nitrogen and oxygen atoms in total. The summed E-state index contributed by atoms with van der Waals surface area (Å²) >= 11 is 0. The molecule has 3 rings (SSSR count). The van der Waals surface area contributed by atoms with E-state index < -0.39 is 45.5 Å². The molecular formula is C22H23F4N3O4S. The van der Waals surface area contributed by atoms with E-state index in [9.17, 15) is 30.8 Å². The fraction of sp³-hybridized carbons (Fsp3) is 0.364. The van der Waals surface area contributed by atoms with Crippen LogP contribution in [0.15, 0.2) is 36.4 Å². The van der Waals surface area contributed by atoms with Crippen LogP contribution in [0.5, 0.6) is 5.75 Å². The molecule has 0 fully saturated rings. The molecule has 1 amide bonds. The number of methoxy groups -OCH3 is 1. The van der Waals surface area contributed by atoms with Gasteiger partial charge >= 0.3 is 6.18 Å². The molecule has 0 saturated carbocycles. The zero-order chi connectivity index (χ0) is 25.4. The molecule has 0 spiro atoms. The number of fused-ring (bicyclic) bond motifs is 1. The number of nitrogens with zero attached hydrogens (tertiary/aromatic N) is 3. The van der Waals surface area contributed by atoms with E-state index in [1.807, 2.05) is 0 Å². The molecule has 34 heavy (non-hydrogen) atoms. The fourth-order valence-electron chi connectivity index (χ4n) is 3.61. The van der Waals surface area contributed by atoms with Crippen molar-refractivity contribution < 1.29 is 35.5 Å². The molecule has 184 valence electrons. The first-order valence-electron chi connectivity index (χ1n) is 10.3. The number of benzene rings is 2. The third kappa shape index (κ3) is 4.72. The third-order valence-corrected chi connectivity index (χ3v) is 6.86. The lowest BCUT2D eigenvalue weighted by atomic mass is 10.1. The van der Waals surface area contributed by atoms with Gasteiger partial charge in [-0.2, -0.15) is 13.2 Å². The quantitative estimate of drug-likeness (QED) is 0.417. The normalized spacial score (nSPS) is 12.4. The maximum absolute atomic E-state index is 14.3. The lowest BCUT2D eigenvalue weighted by molar-refractivity contribution is -0.147. The summed E-state index contributed by atoms with van der Waals surface area (Å²) in [6.45, 7) is 4.72. The SMILES string of the molecule is CCCS(=O)(=O)N(C(=O)c1ccc2c(c1)nc(C(F)(F)F)n2C(C)C)c1ccc(OC)c(F)c1. The first kappa shape index (κ1) is 25.5. The van der Waals surface area contributed by atoms with Gasteiger partial charge in [0.25, 0.3) is 5.91 Å². The number of amides is 1. The van der Waals surface area contributed by atoms with Crippen molar-refractivity contribution in [3.63, 3.8) is 0 Å². The summed E-state index contributed by atoms with van der Waals surface area (Å²) in [6.07, 6.45) is -4.55. The number of hydrogen-bond acceptors (Lipinski definition) is 5. The molecule has 2 aromatic carbocycles. The Bertz CT molecular complexity index is 1330. The molecule has 0 bridgehead atoms. The Kier molecular flexibility index (Phi) is 6.92. The first-order chi connectivity index (χ1) is 15.8. The van der Waals surface area contributed by atoms with Crippen molar-refractivity contribution in [2.45, 2.75) is 39.4 Å². The van der Waals surface area contributed by atoms with Gasteiger partial charge in [-0.25, -0.2) is 22.1 Å². The number of ether oxygens (including phenoxy) is 1. The largest absolute Gasteiger partial charge is 0.494 e. The molecule has 0 aliphatic carbocycles.